The number of aliphatic hydroxyl groups excluding tert-OH is 1. The first-order valence-corrected chi connectivity index (χ1v) is 12.6. The molecule has 236 valence electrons. The number of carboxylic acids is 1. The number of amides is 7. The molecule has 1 aromatic carbocycles. The largest absolute Gasteiger partial charge is 0.508 e. The maximum absolute atomic E-state index is 12.4. The van der Waals surface area contributed by atoms with Gasteiger partial charge in [-0.15, -0.1) is 0 Å². The molecule has 12 N–H and O–H groups in total. The van der Waals surface area contributed by atoms with Crippen molar-refractivity contribution < 1.29 is 53.7 Å². The summed E-state index contributed by atoms with van der Waals surface area (Å²) in [7, 11) is 0. The number of aromatic hydroxyl groups is 1. The van der Waals surface area contributed by atoms with Crippen molar-refractivity contribution in [1.29, 1.82) is 0 Å². The summed E-state index contributed by atoms with van der Waals surface area (Å²) in [5.74, 6) is -6.86. The highest BCUT2D eigenvalue weighted by Crippen LogP contribution is 2.11. The summed E-state index contributed by atoms with van der Waals surface area (Å²) < 4.78 is 0. The fourth-order valence-corrected chi connectivity index (χ4v) is 3.00. The average Bonchev–Trinajstić information content (AvgIpc) is 2.98. The first-order chi connectivity index (χ1) is 20.3. The molecule has 0 spiro atoms. The number of aliphatic carboxylic acids is 1. The summed E-state index contributed by atoms with van der Waals surface area (Å²) >= 11 is 0. The van der Waals surface area contributed by atoms with Crippen molar-refractivity contribution in [3.63, 3.8) is 0 Å². The number of hydrogen-bond donors (Lipinski definition) is 11. The second-order valence-electron chi connectivity index (χ2n) is 8.66. The number of carbonyl (C=O) groups excluding carboxylic acids is 7. The smallest absolute Gasteiger partial charge is 0.326 e. The van der Waals surface area contributed by atoms with Crippen molar-refractivity contribution in [3.8, 4) is 5.75 Å². The molecular formula is C24H34N8O11. The van der Waals surface area contributed by atoms with Gasteiger partial charge in [-0.05, 0) is 17.7 Å². The summed E-state index contributed by atoms with van der Waals surface area (Å²) in [6, 6.07) is 2.65. The normalized spacial score (nSPS) is 11.6. The molecule has 0 radical (unpaired) electrons. The number of phenols is 1. The number of aliphatic hydroxyl groups is 1. The van der Waals surface area contributed by atoms with Crippen LogP contribution in [0.3, 0.4) is 0 Å². The van der Waals surface area contributed by atoms with Crippen molar-refractivity contribution in [2.45, 2.75) is 18.5 Å². The maximum Gasteiger partial charge on any atom is 0.326 e. The van der Waals surface area contributed by atoms with E-state index in [1.165, 1.54) is 24.3 Å². The third-order valence-electron chi connectivity index (χ3n) is 5.24. The van der Waals surface area contributed by atoms with E-state index in [1.807, 2.05) is 0 Å². The van der Waals surface area contributed by atoms with Crippen LogP contribution in [0.2, 0.25) is 0 Å². The number of hydrogen-bond acceptors (Lipinski definition) is 11. The predicted octanol–water partition coefficient (Wildman–Crippen LogP) is -6.48. The van der Waals surface area contributed by atoms with Gasteiger partial charge in [-0.3, -0.25) is 33.6 Å². The molecular weight excluding hydrogens is 576 g/mol. The lowest BCUT2D eigenvalue weighted by Gasteiger charge is -2.20. The molecule has 7 amide bonds. The van der Waals surface area contributed by atoms with Crippen LogP contribution in [0.5, 0.6) is 5.75 Å². The molecule has 0 saturated carbocycles. The van der Waals surface area contributed by atoms with Crippen LogP contribution in [-0.4, -0.2) is 121 Å². The summed E-state index contributed by atoms with van der Waals surface area (Å²) in [6.45, 7) is -3.84. The molecule has 0 bridgehead atoms. The first kappa shape index (κ1) is 35.7. The van der Waals surface area contributed by atoms with E-state index in [1.54, 1.807) is 0 Å². The Morgan fingerprint density at radius 2 is 1.05 bits per heavy atom. The van der Waals surface area contributed by atoms with Crippen LogP contribution in [-0.2, 0) is 44.8 Å². The van der Waals surface area contributed by atoms with E-state index in [4.69, 9.17) is 5.73 Å². The Balaban J connectivity index is 2.36. The second-order valence-corrected chi connectivity index (χ2v) is 8.66. The summed E-state index contributed by atoms with van der Waals surface area (Å²) in [5.41, 5.74) is 5.55. The van der Waals surface area contributed by atoms with Crippen LogP contribution in [0.4, 0.5) is 0 Å². The van der Waals surface area contributed by atoms with Crippen molar-refractivity contribution in [2.24, 2.45) is 5.73 Å². The lowest BCUT2D eigenvalue weighted by molar-refractivity contribution is -0.142. The van der Waals surface area contributed by atoms with Gasteiger partial charge in [0.2, 0.25) is 41.4 Å². The Bertz CT molecular complexity index is 1180. The Morgan fingerprint density at radius 1 is 0.628 bits per heavy atom. The van der Waals surface area contributed by atoms with Gasteiger partial charge >= 0.3 is 5.97 Å². The molecule has 0 aliphatic heterocycles. The molecule has 0 fully saturated rings. The quantitative estimate of drug-likeness (QED) is 0.0739. The van der Waals surface area contributed by atoms with Crippen LogP contribution in [0, 0.1) is 0 Å². The molecule has 1 rings (SSSR count). The van der Waals surface area contributed by atoms with Gasteiger partial charge in [0.1, 0.15) is 17.8 Å². The highest BCUT2D eigenvalue weighted by molar-refractivity contribution is 5.93. The molecule has 2 atom stereocenters. The van der Waals surface area contributed by atoms with Gasteiger partial charge in [-0.2, -0.15) is 0 Å². The Labute approximate surface area is 244 Å². The molecule has 0 aliphatic carbocycles. The van der Waals surface area contributed by atoms with Crippen LogP contribution in [0.15, 0.2) is 24.3 Å². The number of carboxylic acid groups (broad SMARTS) is 1. The minimum absolute atomic E-state index is 0.0328. The zero-order valence-corrected chi connectivity index (χ0v) is 22.8. The minimum atomic E-state index is -1.54. The zero-order valence-electron chi connectivity index (χ0n) is 22.8. The second kappa shape index (κ2) is 18.9. The highest BCUT2D eigenvalue weighted by Gasteiger charge is 2.26. The van der Waals surface area contributed by atoms with Crippen LogP contribution < -0.4 is 43.0 Å². The number of nitrogens with two attached hydrogens (primary N) is 1. The summed E-state index contributed by atoms with van der Waals surface area (Å²) in [4.78, 5) is 94.0. The number of benzene rings is 1. The molecule has 19 heteroatoms. The Hall–Kier alpha value is -5.30. The van der Waals surface area contributed by atoms with E-state index in [0.717, 1.165) is 0 Å². The Morgan fingerprint density at radius 3 is 1.44 bits per heavy atom. The molecule has 0 aliphatic rings. The van der Waals surface area contributed by atoms with Gasteiger partial charge in [0, 0.05) is 6.42 Å². The molecule has 19 nitrogen and oxygen atoms in total. The van der Waals surface area contributed by atoms with Crippen LogP contribution in [0.25, 0.3) is 0 Å². The molecule has 0 aromatic heterocycles. The van der Waals surface area contributed by atoms with E-state index in [9.17, 15) is 53.7 Å². The third kappa shape index (κ3) is 15.3. The number of nitrogens with one attached hydrogen (secondary N) is 7. The molecule has 43 heavy (non-hydrogen) atoms. The number of carbonyl (C=O) groups is 8. The van der Waals surface area contributed by atoms with E-state index in [2.05, 4.69) is 37.2 Å². The third-order valence-corrected chi connectivity index (χ3v) is 5.24. The number of rotatable bonds is 18. The van der Waals surface area contributed by atoms with E-state index < -0.39 is 98.7 Å². The van der Waals surface area contributed by atoms with E-state index in [-0.39, 0.29) is 18.7 Å². The van der Waals surface area contributed by atoms with Gasteiger partial charge in [-0.1, -0.05) is 12.1 Å². The van der Waals surface area contributed by atoms with Crippen molar-refractivity contribution in [2.75, 3.05) is 45.9 Å². The maximum atomic E-state index is 12.4. The SMILES string of the molecule is NCC(=O)NCC(=O)NCC(=O)NCC(=O)NCC(=O)NCC(=O)N[C@@H](CO)C(=O)N[C@@H](Cc1ccc(O)cc1)C(=O)O. The van der Waals surface area contributed by atoms with E-state index in [0.29, 0.717) is 5.56 Å². The monoisotopic (exact) mass is 610 g/mol. The summed E-state index contributed by atoms with van der Waals surface area (Å²) in [6.07, 6.45) is -0.147. The van der Waals surface area contributed by atoms with Crippen LogP contribution in [0.1, 0.15) is 5.56 Å². The molecule has 0 heterocycles. The van der Waals surface area contributed by atoms with Gasteiger partial charge in [0.15, 0.2) is 0 Å². The minimum Gasteiger partial charge on any atom is -0.508 e. The highest BCUT2D eigenvalue weighted by atomic mass is 16.4. The van der Waals surface area contributed by atoms with Crippen LogP contribution >= 0.6 is 0 Å². The fourth-order valence-electron chi connectivity index (χ4n) is 3.00. The van der Waals surface area contributed by atoms with E-state index >= 15 is 0 Å². The predicted molar refractivity (Wildman–Crippen MR) is 144 cm³/mol. The lowest BCUT2D eigenvalue weighted by Crippen LogP contribution is -2.55. The molecule has 0 saturated heterocycles. The standard InChI is InChI=1S/C24H34N8O11/c25-6-17(35)26-7-18(36)27-8-19(37)28-9-20(38)29-10-21(39)30-11-22(40)31-16(12-33)23(41)32-15(24(42)43)5-13-1-3-14(34)4-2-13/h1-4,15-16,33-34H,5-12,25H2,(H,26,35)(H,27,36)(H,28,37)(H,29,38)(H,30,39)(H,31,40)(H,32,41)(H,42,43)/t15-,16-/m0/s1. The Kier molecular flexibility index (Phi) is 15.7. The fraction of sp³-hybridized carbons (Fsp3) is 0.417. The lowest BCUT2D eigenvalue weighted by atomic mass is 10.1. The van der Waals surface area contributed by atoms with Gasteiger partial charge in [0.05, 0.1) is 45.9 Å². The molecule has 0 unspecified atom stereocenters. The zero-order chi connectivity index (χ0) is 32.4. The van der Waals surface area contributed by atoms with Crippen molar-refractivity contribution in [1.82, 2.24) is 37.2 Å². The van der Waals surface area contributed by atoms with Gasteiger partial charge in [-0.25, -0.2) is 4.79 Å². The molecule has 1 aromatic rings. The van der Waals surface area contributed by atoms with Gasteiger partial charge in [0.25, 0.3) is 0 Å². The van der Waals surface area contributed by atoms with Crippen molar-refractivity contribution >= 4 is 47.3 Å². The number of phenolic OH excluding ortho intramolecular Hbond substituents is 1. The average molecular weight is 611 g/mol. The topological polar surface area (TPSA) is 307 Å². The first-order valence-electron chi connectivity index (χ1n) is 12.6. The van der Waals surface area contributed by atoms with Gasteiger partial charge < -0.3 is 58.3 Å². The summed E-state index contributed by atoms with van der Waals surface area (Å²) in [5, 5.41) is 43.5. The van der Waals surface area contributed by atoms with Crippen molar-refractivity contribution in [3.05, 3.63) is 29.8 Å².